The van der Waals surface area contributed by atoms with E-state index >= 15 is 0 Å². The fraction of sp³-hybridized carbons (Fsp3) is 0.0476. The molecule has 4 rings (SSSR count). The standard InChI is InChI=1S/C21H16N2O3S/c24-20(22-13-16-4-3-11-27-16)15-9-7-14(8-10-15)12-19-21(25)23-17-5-1-2-6-18(17)26-19/h1-12H,13H2,(H,22,24)(H,23,25)/b19-12-. The molecule has 0 aliphatic carbocycles. The number of ether oxygens (including phenoxy) is 1. The van der Waals surface area contributed by atoms with Crippen molar-refractivity contribution in [3.05, 3.63) is 87.8 Å². The lowest BCUT2D eigenvalue weighted by atomic mass is 10.1. The van der Waals surface area contributed by atoms with E-state index in [1.807, 2.05) is 29.6 Å². The number of fused-ring (bicyclic) bond motifs is 1. The first-order chi connectivity index (χ1) is 13.2. The Morgan fingerprint density at radius 3 is 2.67 bits per heavy atom. The molecule has 27 heavy (non-hydrogen) atoms. The van der Waals surface area contributed by atoms with Crippen LogP contribution in [0.1, 0.15) is 20.8 Å². The van der Waals surface area contributed by atoms with Crippen LogP contribution >= 0.6 is 11.3 Å². The number of hydrogen-bond donors (Lipinski definition) is 2. The van der Waals surface area contributed by atoms with Crippen molar-refractivity contribution >= 4 is 34.9 Å². The van der Waals surface area contributed by atoms with Crippen LogP contribution in [0.3, 0.4) is 0 Å². The first kappa shape index (κ1) is 17.1. The van der Waals surface area contributed by atoms with Gasteiger partial charge in [-0.1, -0.05) is 30.3 Å². The van der Waals surface area contributed by atoms with Crippen molar-refractivity contribution in [1.82, 2.24) is 5.32 Å². The van der Waals surface area contributed by atoms with Gasteiger partial charge in [0.25, 0.3) is 11.8 Å². The SMILES string of the molecule is O=C1Nc2ccccc2O/C1=C\c1ccc(C(=O)NCc2cccs2)cc1. The molecule has 0 bridgehead atoms. The van der Waals surface area contributed by atoms with Crippen LogP contribution in [0, 0.1) is 0 Å². The Kier molecular flexibility index (Phi) is 4.72. The van der Waals surface area contributed by atoms with Crippen LogP contribution in [0.4, 0.5) is 5.69 Å². The lowest BCUT2D eigenvalue weighted by molar-refractivity contribution is -0.115. The topological polar surface area (TPSA) is 67.4 Å². The quantitative estimate of drug-likeness (QED) is 0.675. The van der Waals surface area contributed by atoms with E-state index in [-0.39, 0.29) is 17.6 Å². The summed E-state index contributed by atoms with van der Waals surface area (Å²) in [6.45, 7) is 0.510. The van der Waals surface area contributed by atoms with Crippen LogP contribution in [0.15, 0.2) is 71.8 Å². The highest BCUT2D eigenvalue weighted by Gasteiger charge is 2.21. The minimum absolute atomic E-state index is 0.136. The highest BCUT2D eigenvalue weighted by Crippen LogP contribution is 2.30. The highest BCUT2D eigenvalue weighted by molar-refractivity contribution is 7.09. The first-order valence-corrected chi connectivity index (χ1v) is 9.27. The number of benzene rings is 2. The Hall–Kier alpha value is -3.38. The number of carbonyl (C=O) groups is 2. The normalized spacial score (nSPS) is 14.2. The zero-order chi connectivity index (χ0) is 18.6. The van der Waals surface area contributed by atoms with E-state index in [0.29, 0.717) is 23.5 Å². The van der Waals surface area contributed by atoms with Gasteiger partial charge in [0.15, 0.2) is 11.5 Å². The van der Waals surface area contributed by atoms with Gasteiger partial charge in [0.2, 0.25) is 0 Å². The molecule has 0 radical (unpaired) electrons. The van der Waals surface area contributed by atoms with Gasteiger partial charge in [0.1, 0.15) is 0 Å². The second kappa shape index (κ2) is 7.47. The third-order valence-electron chi connectivity index (χ3n) is 4.05. The Labute approximate surface area is 160 Å². The van der Waals surface area contributed by atoms with Crippen molar-refractivity contribution in [2.75, 3.05) is 5.32 Å². The fourth-order valence-corrected chi connectivity index (χ4v) is 3.31. The van der Waals surface area contributed by atoms with Gasteiger partial charge in [0.05, 0.1) is 12.2 Å². The molecule has 0 atom stereocenters. The van der Waals surface area contributed by atoms with Gasteiger partial charge in [0, 0.05) is 10.4 Å². The fourth-order valence-electron chi connectivity index (χ4n) is 2.67. The Balaban J connectivity index is 1.45. The molecule has 134 valence electrons. The van der Waals surface area contributed by atoms with E-state index in [9.17, 15) is 9.59 Å². The lowest BCUT2D eigenvalue weighted by Gasteiger charge is -2.19. The third-order valence-corrected chi connectivity index (χ3v) is 4.93. The monoisotopic (exact) mass is 376 g/mol. The average molecular weight is 376 g/mol. The molecule has 1 aliphatic rings. The summed E-state index contributed by atoms with van der Waals surface area (Å²) in [5.41, 5.74) is 1.99. The zero-order valence-corrected chi connectivity index (χ0v) is 15.1. The minimum Gasteiger partial charge on any atom is -0.449 e. The van der Waals surface area contributed by atoms with Gasteiger partial charge in [-0.15, -0.1) is 11.3 Å². The number of nitrogens with one attached hydrogen (secondary N) is 2. The summed E-state index contributed by atoms with van der Waals surface area (Å²) < 4.78 is 5.68. The summed E-state index contributed by atoms with van der Waals surface area (Å²) in [6.07, 6.45) is 1.65. The maximum Gasteiger partial charge on any atom is 0.291 e. The van der Waals surface area contributed by atoms with Gasteiger partial charge in [-0.3, -0.25) is 9.59 Å². The van der Waals surface area contributed by atoms with E-state index < -0.39 is 0 Å². The number of rotatable bonds is 4. The number of carbonyl (C=O) groups excluding carboxylic acids is 2. The number of thiophene rings is 1. The van der Waals surface area contributed by atoms with Crippen molar-refractivity contribution in [3.63, 3.8) is 0 Å². The smallest absolute Gasteiger partial charge is 0.291 e. The molecule has 1 aromatic heterocycles. The molecule has 1 aliphatic heterocycles. The lowest BCUT2D eigenvalue weighted by Crippen LogP contribution is -2.23. The molecule has 2 heterocycles. The second-order valence-corrected chi connectivity index (χ2v) is 6.98. The summed E-state index contributed by atoms with van der Waals surface area (Å²) >= 11 is 1.60. The van der Waals surface area contributed by atoms with Crippen molar-refractivity contribution < 1.29 is 14.3 Å². The molecule has 2 amide bonds. The van der Waals surface area contributed by atoms with Crippen LogP contribution in [0.5, 0.6) is 5.75 Å². The van der Waals surface area contributed by atoms with E-state index in [1.54, 1.807) is 53.8 Å². The van der Waals surface area contributed by atoms with Gasteiger partial charge >= 0.3 is 0 Å². The molecule has 2 N–H and O–H groups in total. The van der Waals surface area contributed by atoms with E-state index in [1.165, 1.54) is 0 Å². The van der Waals surface area contributed by atoms with E-state index in [0.717, 1.165) is 10.4 Å². The van der Waals surface area contributed by atoms with Gasteiger partial charge < -0.3 is 15.4 Å². The Bertz CT molecular complexity index is 1010. The van der Waals surface area contributed by atoms with Crippen LogP contribution in [-0.4, -0.2) is 11.8 Å². The van der Waals surface area contributed by atoms with Crippen molar-refractivity contribution in [2.45, 2.75) is 6.54 Å². The zero-order valence-electron chi connectivity index (χ0n) is 14.3. The summed E-state index contributed by atoms with van der Waals surface area (Å²) in [5.74, 6) is 0.381. The molecule has 3 aromatic rings. The molecule has 0 spiro atoms. The molecule has 2 aromatic carbocycles. The molecule has 5 nitrogen and oxygen atoms in total. The minimum atomic E-state index is -0.300. The molecule has 6 heteroatoms. The van der Waals surface area contributed by atoms with Crippen molar-refractivity contribution in [2.24, 2.45) is 0 Å². The van der Waals surface area contributed by atoms with Gasteiger partial charge in [-0.25, -0.2) is 0 Å². The van der Waals surface area contributed by atoms with Crippen molar-refractivity contribution in [1.29, 1.82) is 0 Å². The predicted octanol–water partition coefficient (Wildman–Crippen LogP) is 4.05. The highest BCUT2D eigenvalue weighted by atomic mass is 32.1. The molecule has 0 saturated heterocycles. The van der Waals surface area contributed by atoms with E-state index in [4.69, 9.17) is 4.74 Å². The summed E-state index contributed by atoms with van der Waals surface area (Å²) in [7, 11) is 0. The molecule has 0 fully saturated rings. The largest absolute Gasteiger partial charge is 0.449 e. The van der Waals surface area contributed by atoms with Crippen LogP contribution in [-0.2, 0) is 11.3 Å². The average Bonchev–Trinajstić information content (AvgIpc) is 3.21. The number of para-hydroxylation sites is 2. The van der Waals surface area contributed by atoms with Gasteiger partial charge in [-0.2, -0.15) is 0 Å². The Morgan fingerprint density at radius 1 is 1.07 bits per heavy atom. The summed E-state index contributed by atoms with van der Waals surface area (Å²) in [5, 5.41) is 7.66. The third kappa shape index (κ3) is 3.91. The molecular formula is C21H16N2O3S. The summed E-state index contributed by atoms with van der Waals surface area (Å²) in [4.78, 5) is 25.5. The Morgan fingerprint density at radius 2 is 1.89 bits per heavy atom. The predicted molar refractivity (Wildman–Crippen MR) is 106 cm³/mol. The number of hydrogen-bond acceptors (Lipinski definition) is 4. The number of anilines is 1. The van der Waals surface area contributed by atoms with Crippen LogP contribution in [0.25, 0.3) is 6.08 Å². The maximum atomic E-state index is 12.2. The first-order valence-electron chi connectivity index (χ1n) is 8.39. The van der Waals surface area contributed by atoms with Crippen LogP contribution in [0.2, 0.25) is 0 Å². The van der Waals surface area contributed by atoms with E-state index in [2.05, 4.69) is 10.6 Å². The number of amides is 2. The molecular weight excluding hydrogens is 360 g/mol. The second-order valence-electron chi connectivity index (χ2n) is 5.94. The van der Waals surface area contributed by atoms with Crippen molar-refractivity contribution in [3.8, 4) is 5.75 Å². The molecule has 0 unspecified atom stereocenters. The molecule has 0 saturated carbocycles. The summed E-state index contributed by atoms with van der Waals surface area (Å²) in [6, 6.07) is 18.2. The van der Waals surface area contributed by atoms with Gasteiger partial charge in [-0.05, 0) is 47.4 Å². The maximum absolute atomic E-state index is 12.2. The van der Waals surface area contributed by atoms with Crippen LogP contribution < -0.4 is 15.4 Å².